The predicted octanol–water partition coefficient (Wildman–Crippen LogP) is 2.84. The molecule has 0 heterocycles. The van der Waals surface area contributed by atoms with Gasteiger partial charge in [0.25, 0.3) is 0 Å². The van der Waals surface area contributed by atoms with Crippen molar-refractivity contribution < 1.29 is 5.11 Å². The predicted molar refractivity (Wildman–Crippen MR) is 68.4 cm³/mol. The van der Waals surface area contributed by atoms with Gasteiger partial charge in [-0.1, -0.05) is 51.1 Å². The molecule has 0 saturated heterocycles. The van der Waals surface area contributed by atoms with Gasteiger partial charge in [0, 0.05) is 6.04 Å². The second-order valence-electron chi connectivity index (χ2n) is 4.05. The Labute approximate surface area is 98.9 Å². The minimum atomic E-state index is -0.383. The summed E-state index contributed by atoms with van der Waals surface area (Å²) in [5.74, 6) is 0. The van der Waals surface area contributed by atoms with Crippen molar-refractivity contribution in [3.63, 3.8) is 0 Å². The summed E-state index contributed by atoms with van der Waals surface area (Å²) in [5.41, 5.74) is 1.02. The Kier molecular flexibility index (Phi) is 5.50. The summed E-state index contributed by atoms with van der Waals surface area (Å²) >= 11 is 0. The van der Waals surface area contributed by atoms with Gasteiger partial charge in [0.2, 0.25) is 0 Å². The van der Waals surface area contributed by atoms with Crippen molar-refractivity contribution in [2.45, 2.75) is 39.3 Å². The van der Waals surface area contributed by atoms with Crippen molar-refractivity contribution in [1.29, 1.82) is 0 Å². The number of likely N-dealkylation sites (N-methyl/N-ethyl adjacent to an activating group) is 1. The summed E-state index contributed by atoms with van der Waals surface area (Å²) in [6.07, 6.45) is 0.587. The third kappa shape index (κ3) is 3.06. The molecule has 0 aliphatic rings. The van der Waals surface area contributed by atoms with Gasteiger partial charge in [-0.15, -0.1) is 0 Å². The molecule has 0 spiro atoms. The van der Waals surface area contributed by atoms with Crippen molar-refractivity contribution >= 4 is 0 Å². The van der Waals surface area contributed by atoms with Crippen LogP contribution >= 0.6 is 0 Å². The lowest BCUT2D eigenvalue weighted by Gasteiger charge is -2.32. The third-order valence-electron chi connectivity index (χ3n) is 3.21. The van der Waals surface area contributed by atoms with Gasteiger partial charge in [0.1, 0.15) is 0 Å². The van der Waals surface area contributed by atoms with E-state index < -0.39 is 0 Å². The van der Waals surface area contributed by atoms with Crippen molar-refractivity contribution in [3.05, 3.63) is 35.9 Å². The first-order valence-corrected chi connectivity index (χ1v) is 6.21. The molecule has 2 unspecified atom stereocenters. The molecule has 16 heavy (non-hydrogen) atoms. The minimum absolute atomic E-state index is 0.220. The van der Waals surface area contributed by atoms with Gasteiger partial charge in [-0.2, -0.15) is 0 Å². The molecule has 2 heteroatoms. The fraction of sp³-hybridized carbons (Fsp3) is 0.571. The normalized spacial score (nSPS) is 15.1. The second-order valence-corrected chi connectivity index (χ2v) is 4.05. The van der Waals surface area contributed by atoms with Crippen LogP contribution in [0, 0.1) is 0 Å². The molecule has 0 saturated carbocycles. The van der Waals surface area contributed by atoms with Crippen molar-refractivity contribution in [3.8, 4) is 0 Å². The van der Waals surface area contributed by atoms with E-state index >= 15 is 0 Å². The molecule has 90 valence electrons. The van der Waals surface area contributed by atoms with Gasteiger partial charge < -0.3 is 5.11 Å². The highest BCUT2D eigenvalue weighted by atomic mass is 16.3. The van der Waals surface area contributed by atoms with E-state index in [-0.39, 0.29) is 12.1 Å². The van der Waals surface area contributed by atoms with Crippen LogP contribution in [0.5, 0.6) is 0 Å². The minimum Gasteiger partial charge on any atom is -0.387 e. The maximum atomic E-state index is 10.4. The molecule has 2 atom stereocenters. The lowest BCUT2D eigenvalue weighted by atomic mass is 9.99. The Hall–Kier alpha value is -0.860. The monoisotopic (exact) mass is 221 g/mol. The molecule has 0 radical (unpaired) electrons. The topological polar surface area (TPSA) is 23.5 Å². The molecule has 0 aliphatic carbocycles. The Bertz CT molecular complexity index is 282. The van der Waals surface area contributed by atoms with Crippen molar-refractivity contribution in [2.24, 2.45) is 0 Å². The van der Waals surface area contributed by atoms with Gasteiger partial charge in [-0.05, 0) is 25.1 Å². The van der Waals surface area contributed by atoms with E-state index in [0.717, 1.165) is 25.1 Å². The standard InChI is InChI=1S/C14H23NO/c1-4-13(15(5-2)6-3)14(16)12-10-8-7-9-11-12/h7-11,13-14,16H,4-6H2,1-3H3. The van der Waals surface area contributed by atoms with E-state index in [1.54, 1.807) is 0 Å². The largest absolute Gasteiger partial charge is 0.387 e. The van der Waals surface area contributed by atoms with Crippen LogP contribution in [0.2, 0.25) is 0 Å². The SMILES string of the molecule is CCC(C(O)c1ccccc1)N(CC)CC. The average molecular weight is 221 g/mol. The Morgan fingerprint density at radius 2 is 1.62 bits per heavy atom. The van der Waals surface area contributed by atoms with Crippen LogP contribution in [0.1, 0.15) is 38.9 Å². The summed E-state index contributed by atoms with van der Waals surface area (Å²) in [4.78, 5) is 2.32. The first-order chi connectivity index (χ1) is 7.74. The van der Waals surface area contributed by atoms with Gasteiger partial charge in [-0.3, -0.25) is 4.90 Å². The molecule has 0 bridgehead atoms. The van der Waals surface area contributed by atoms with Crippen molar-refractivity contribution in [1.82, 2.24) is 4.90 Å². The van der Waals surface area contributed by atoms with Gasteiger partial charge in [0.15, 0.2) is 0 Å². The van der Waals surface area contributed by atoms with Gasteiger partial charge >= 0.3 is 0 Å². The second kappa shape index (κ2) is 6.66. The third-order valence-corrected chi connectivity index (χ3v) is 3.21. The van der Waals surface area contributed by atoms with E-state index in [2.05, 4.69) is 25.7 Å². The van der Waals surface area contributed by atoms with Crippen LogP contribution in [-0.4, -0.2) is 29.1 Å². The molecule has 1 aromatic carbocycles. The van der Waals surface area contributed by atoms with E-state index in [4.69, 9.17) is 0 Å². The zero-order chi connectivity index (χ0) is 12.0. The molecule has 1 N–H and O–H groups in total. The fourth-order valence-corrected chi connectivity index (χ4v) is 2.25. The van der Waals surface area contributed by atoms with Crippen LogP contribution in [0.4, 0.5) is 0 Å². The Morgan fingerprint density at radius 1 is 1.06 bits per heavy atom. The zero-order valence-corrected chi connectivity index (χ0v) is 10.6. The molecule has 0 aliphatic heterocycles. The number of nitrogens with zero attached hydrogens (tertiary/aromatic N) is 1. The highest BCUT2D eigenvalue weighted by Gasteiger charge is 2.23. The first kappa shape index (κ1) is 13.2. The quantitative estimate of drug-likeness (QED) is 0.798. The molecule has 1 rings (SSSR count). The highest BCUT2D eigenvalue weighted by Crippen LogP contribution is 2.22. The maximum Gasteiger partial charge on any atom is 0.0945 e. The number of rotatable bonds is 6. The lowest BCUT2D eigenvalue weighted by molar-refractivity contribution is 0.0513. The number of hydrogen-bond acceptors (Lipinski definition) is 2. The van der Waals surface area contributed by atoms with E-state index in [1.807, 2.05) is 30.3 Å². The number of hydrogen-bond donors (Lipinski definition) is 1. The molecular formula is C14H23NO. The number of benzene rings is 1. The van der Waals surface area contributed by atoms with Crippen LogP contribution < -0.4 is 0 Å². The molecule has 0 aromatic heterocycles. The smallest absolute Gasteiger partial charge is 0.0945 e. The fourth-order valence-electron chi connectivity index (χ4n) is 2.25. The highest BCUT2D eigenvalue weighted by molar-refractivity contribution is 5.18. The summed E-state index contributed by atoms with van der Waals surface area (Å²) in [6, 6.07) is 10.2. The zero-order valence-electron chi connectivity index (χ0n) is 10.6. The number of aliphatic hydroxyl groups excluding tert-OH is 1. The average Bonchev–Trinajstić information content (AvgIpc) is 2.36. The van der Waals surface area contributed by atoms with Gasteiger partial charge in [-0.25, -0.2) is 0 Å². The van der Waals surface area contributed by atoms with E-state index in [9.17, 15) is 5.11 Å². The summed E-state index contributed by atoms with van der Waals surface area (Å²) in [7, 11) is 0. The van der Waals surface area contributed by atoms with Crippen molar-refractivity contribution in [2.75, 3.05) is 13.1 Å². The Balaban J connectivity index is 2.80. The molecule has 0 amide bonds. The molecule has 1 aromatic rings. The summed E-state index contributed by atoms with van der Waals surface area (Å²) < 4.78 is 0. The van der Waals surface area contributed by atoms with E-state index in [0.29, 0.717) is 0 Å². The lowest BCUT2D eigenvalue weighted by Crippen LogP contribution is -2.39. The molecular weight excluding hydrogens is 198 g/mol. The van der Waals surface area contributed by atoms with Crippen LogP contribution in [0.3, 0.4) is 0 Å². The summed E-state index contributed by atoms with van der Waals surface area (Å²) in [6.45, 7) is 8.39. The molecule has 2 nitrogen and oxygen atoms in total. The first-order valence-electron chi connectivity index (χ1n) is 6.21. The van der Waals surface area contributed by atoms with E-state index in [1.165, 1.54) is 0 Å². The van der Waals surface area contributed by atoms with Crippen LogP contribution in [0.25, 0.3) is 0 Å². The molecule has 0 fully saturated rings. The van der Waals surface area contributed by atoms with Gasteiger partial charge in [0.05, 0.1) is 6.10 Å². The number of aliphatic hydroxyl groups is 1. The summed E-state index contributed by atoms with van der Waals surface area (Å²) in [5, 5.41) is 10.4. The Morgan fingerprint density at radius 3 is 2.06 bits per heavy atom. The van der Waals surface area contributed by atoms with Crippen LogP contribution in [0.15, 0.2) is 30.3 Å². The van der Waals surface area contributed by atoms with Crippen LogP contribution in [-0.2, 0) is 0 Å². The maximum absolute atomic E-state index is 10.4.